The molecule has 2 amide bonds. The highest BCUT2D eigenvalue weighted by atomic mass is 16.4. The Kier molecular flexibility index (Phi) is 5.81. The van der Waals surface area contributed by atoms with Crippen molar-refractivity contribution >= 4 is 29.2 Å². The zero-order valence-corrected chi connectivity index (χ0v) is 16.7. The molecule has 0 spiro atoms. The highest BCUT2D eigenvalue weighted by Crippen LogP contribution is 2.29. The van der Waals surface area contributed by atoms with E-state index in [-0.39, 0.29) is 11.3 Å². The third-order valence-corrected chi connectivity index (χ3v) is 4.79. The van der Waals surface area contributed by atoms with E-state index in [1.807, 2.05) is 0 Å². The summed E-state index contributed by atoms with van der Waals surface area (Å²) in [5.41, 5.74) is 2.10. The van der Waals surface area contributed by atoms with Crippen molar-refractivity contribution in [1.82, 2.24) is 0 Å². The molecule has 0 atom stereocenters. The Labute approximate surface area is 183 Å². The van der Waals surface area contributed by atoms with Crippen LogP contribution in [0, 0.1) is 0 Å². The SMILES string of the molecule is O=C(Nc1ccccc1NC(=O)c1ccccc1-c1ccccc1C(=O)O)c1ccco1. The van der Waals surface area contributed by atoms with Gasteiger partial charge in [-0.25, -0.2) is 4.79 Å². The number of amides is 2. The molecule has 158 valence electrons. The molecule has 7 nitrogen and oxygen atoms in total. The molecular weight excluding hydrogens is 408 g/mol. The van der Waals surface area contributed by atoms with E-state index in [1.165, 1.54) is 18.4 Å². The normalized spacial score (nSPS) is 10.4. The number of para-hydroxylation sites is 2. The maximum atomic E-state index is 13.2. The van der Waals surface area contributed by atoms with Crippen molar-refractivity contribution in [2.24, 2.45) is 0 Å². The van der Waals surface area contributed by atoms with Crippen LogP contribution < -0.4 is 10.6 Å². The average molecular weight is 426 g/mol. The van der Waals surface area contributed by atoms with Crippen LogP contribution in [0.3, 0.4) is 0 Å². The quantitative estimate of drug-likeness (QED) is 0.395. The highest BCUT2D eigenvalue weighted by molar-refractivity contribution is 6.12. The molecule has 1 aromatic heterocycles. The number of carboxylic acids is 1. The van der Waals surface area contributed by atoms with Gasteiger partial charge in [-0.05, 0) is 47.5 Å². The van der Waals surface area contributed by atoms with E-state index < -0.39 is 17.8 Å². The van der Waals surface area contributed by atoms with Gasteiger partial charge in [0, 0.05) is 5.56 Å². The summed E-state index contributed by atoms with van der Waals surface area (Å²) in [5.74, 6) is -1.84. The molecule has 4 rings (SSSR count). The minimum Gasteiger partial charge on any atom is -0.478 e. The van der Waals surface area contributed by atoms with Gasteiger partial charge >= 0.3 is 5.97 Å². The average Bonchev–Trinajstić information content (AvgIpc) is 3.35. The number of carbonyl (C=O) groups is 3. The van der Waals surface area contributed by atoms with E-state index in [1.54, 1.807) is 72.8 Å². The number of hydrogen-bond acceptors (Lipinski definition) is 4. The van der Waals surface area contributed by atoms with Gasteiger partial charge in [-0.2, -0.15) is 0 Å². The fourth-order valence-electron chi connectivity index (χ4n) is 3.30. The second-order valence-electron chi connectivity index (χ2n) is 6.83. The molecule has 0 aliphatic carbocycles. The molecule has 3 aromatic carbocycles. The third-order valence-electron chi connectivity index (χ3n) is 4.79. The van der Waals surface area contributed by atoms with E-state index >= 15 is 0 Å². The summed E-state index contributed by atoms with van der Waals surface area (Å²) in [6, 6.07) is 23.2. The summed E-state index contributed by atoms with van der Waals surface area (Å²) in [6.07, 6.45) is 1.40. The van der Waals surface area contributed by atoms with Crippen LogP contribution in [0.25, 0.3) is 11.1 Å². The first kappa shape index (κ1) is 20.6. The van der Waals surface area contributed by atoms with Crippen LogP contribution in [-0.2, 0) is 0 Å². The van der Waals surface area contributed by atoms with Crippen molar-refractivity contribution in [1.29, 1.82) is 0 Å². The molecule has 0 fully saturated rings. The lowest BCUT2D eigenvalue weighted by Gasteiger charge is -2.14. The summed E-state index contributed by atoms with van der Waals surface area (Å²) >= 11 is 0. The van der Waals surface area contributed by atoms with Crippen molar-refractivity contribution in [3.63, 3.8) is 0 Å². The smallest absolute Gasteiger partial charge is 0.336 e. The molecule has 1 heterocycles. The summed E-state index contributed by atoms with van der Waals surface area (Å²) in [5, 5.41) is 15.1. The molecule has 0 bridgehead atoms. The Morgan fingerprint density at radius 1 is 0.625 bits per heavy atom. The monoisotopic (exact) mass is 426 g/mol. The summed E-state index contributed by atoms with van der Waals surface area (Å²) < 4.78 is 5.11. The summed E-state index contributed by atoms with van der Waals surface area (Å²) in [7, 11) is 0. The van der Waals surface area contributed by atoms with Gasteiger partial charge in [0.15, 0.2) is 5.76 Å². The van der Waals surface area contributed by atoms with Gasteiger partial charge in [0.2, 0.25) is 0 Å². The van der Waals surface area contributed by atoms with E-state index in [0.717, 1.165) is 0 Å². The number of aromatic carboxylic acids is 1. The minimum absolute atomic E-state index is 0.0962. The number of nitrogens with one attached hydrogen (secondary N) is 2. The molecule has 0 radical (unpaired) electrons. The van der Waals surface area contributed by atoms with Crippen molar-refractivity contribution in [2.45, 2.75) is 0 Å². The third kappa shape index (κ3) is 4.27. The zero-order chi connectivity index (χ0) is 22.5. The van der Waals surface area contributed by atoms with Gasteiger partial charge in [-0.15, -0.1) is 0 Å². The topological polar surface area (TPSA) is 109 Å². The molecule has 32 heavy (non-hydrogen) atoms. The van der Waals surface area contributed by atoms with Gasteiger partial charge in [0.05, 0.1) is 23.2 Å². The number of furan rings is 1. The van der Waals surface area contributed by atoms with Gasteiger partial charge < -0.3 is 20.2 Å². The molecular formula is C25H18N2O5. The maximum absolute atomic E-state index is 13.2. The number of rotatable bonds is 6. The van der Waals surface area contributed by atoms with E-state index in [0.29, 0.717) is 28.1 Å². The standard InChI is InChI=1S/C25H18N2O5/c28-23(18-10-3-1-8-16(18)17-9-2-4-11-19(17)25(30)31)26-20-12-5-6-13-21(20)27-24(29)22-14-7-15-32-22/h1-15H,(H,26,28)(H,27,29)(H,30,31). The van der Waals surface area contributed by atoms with Crippen LogP contribution in [0.4, 0.5) is 11.4 Å². The Bertz CT molecular complexity index is 1300. The van der Waals surface area contributed by atoms with Crippen LogP contribution in [0.2, 0.25) is 0 Å². The van der Waals surface area contributed by atoms with Gasteiger partial charge in [-0.1, -0.05) is 48.5 Å². The first-order chi connectivity index (χ1) is 15.5. The molecule has 0 aliphatic rings. The van der Waals surface area contributed by atoms with Gasteiger partial charge in [-0.3, -0.25) is 9.59 Å². The number of carboxylic acid groups (broad SMARTS) is 1. The summed E-state index contributed by atoms with van der Waals surface area (Å²) in [6.45, 7) is 0. The zero-order valence-electron chi connectivity index (χ0n) is 16.7. The maximum Gasteiger partial charge on any atom is 0.336 e. The van der Waals surface area contributed by atoms with E-state index in [4.69, 9.17) is 4.42 Å². The molecule has 7 heteroatoms. The molecule has 0 saturated heterocycles. The van der Waals surface area contributed by atoms with E-state index in [9.17, 15) is 19.5 Å². The van der Waals surface area contributed by atoms with Crippen LogP contribution >= 0.6 is 0 Å². The molecule has 4 aromatic rings. The lowest BCUT2D eigenvalue weighted by Crippen LogP contribution is -2.17. The van der Waals surface area contributed by atoms with Crippen LogP contribution in [0.15, 0.2) is 95.6 Å². The first-order valence-corrected chi connectivity index (χ1v) is 9.71. The lowest BCUT2D eigenvalue weighted by atomic mass is 9.95. The van der Waals surface area contributed by atoms with Crippen molar-refractivity contribution < 1.29 is 23.9 Å². The Hall–Kier alpha value is -4.65. The van der Waals surface area contributed by atoms with Gasteiger partial charge in [0.1, 0.15) is 0 Å². The van der Waals surface area contributed by atoms with Crippen LogP contribution in [-0.4, -0.2) is 22.9 Å². The minimum atomic E-state index is -1.08. The Balaban J connectivity index is 1.65. The van der Waals surface area contributed by atoms with Crippen molar-refractivity contribution in [3.05, 3.63) is 108 Å². The second-order valence-corrected chi connectivity index (χ2v) is 6.83. The Morgan fingerprint density at radius 2 is 1.16 bits per heavy atom. The van der Waals surface area contributed by atoms with Crippen molar-refractivity contribution in [2.75, 3.05) is 10.6 Å². The van der Waals surface area contributed by atoms with Crippen molar-refractivity contribution in [3.8, 4) is 11.1 Å². The Morgan fingerprint density at radius 3 is 1.75 bits per heavy atom. The highest BCUT2D eigenvalue weighted by Gasteiger charge is 2.19. The molecule has 0 unspecified atom stereocenters. The predicted octanol–water partition coefficient (Wildman–Crippen LogP) is 5.15. The lowest BCUT2D eigenvalue weighted by molar-refractivity contribution is 0.0697. The number of hydrogen-bond donors (Lipinski definition) is 3. The number of anilines is 2. The fourth-order valence-corrected chi connectivity index (χ4v) is 3.30. The molecule has 0 aliphatic heterocycles. The molecule has 0 saturated carbocycles. The first-order valence-electron chi connectivity index (χ1n) is 9.71. The predicted molar refractivity (Wildman–Crippen MR) is 120 cm³/mol. The second kappa shape index (κ2) is 9.01. The number of benzene rings is 3. The van der Waals surface area contributed by atoms with Crippen LogP contribution in [0.1, 0.15) is 31.3 Å². The van der Waals surface area contributed by atoms with Gasteiger partial charge in [0.25, 0.3) is 11.8 Å². The van der Waals surface area contributed by atoms with Crippen LogP contribution in [0.5, 0.6) is 0 Å². The number of carbonyl (C=O) groups excluding carboxylic acids is 2. The van der Waals surface area contributed by atoms with E-state index in [2.05, 4.69) is 10.6 Å². The fraction of sp³-hybridized carbons (Fsp3) is 0. The summed E-state index contributed by atoms with van der Waals surface area (Å²) in [4.78, 5) is 37.2. The largest absolute Gasteiger partial charge is 0.478 e. The molecule has 3 N–H and O–H groups in total.